The molecule has 1 amide bonds. The Balaban J connectivity index is 0.00000578. The van der Waals surface area contributed by atoms with Crippen LogP contribution in [0.2, 0.25) is 0 Å². The maximum Gasteiger partial charge on any atom is 1.00 e. The standard InChI is InChI=1S/C27H37NO5.Na/c1-7-8-9-10-18(21-13-12-20(32-5)17-24(21)33-6)16-25(29)28-23-15-19(26(30)31)11-14-22(23)27(2,3)4;/h11-15,17-18H,7-10,16H2,1-6H3,(H2,28,29,30,31);/q;+1/p-1. The first kappa shape index (κ1) is 30.0. The van der Waals surface area contributed by atoms with Gasteiger partial charge in [-0.2, -0.15) is 0 Å². The van der Waals surface area contributed by atoms with Crippen LogP contribution in [0.15, 0.2) is 36.4 Å². The van der Waals surface area contributed by atoms with Crippen molar-refractivity contribution in [1.82, 2.24) is 0 Å². The molecule has 1 unspecified atom stereocenters. The zero-order chi connectivity index (χ0) is 24.6. The SMILES string of the molecule is CCCCCC(CC(=O)[N-]c1cc(C(=O)O)ccc1C(C)(C)C)c1ccc(OC)cc1OC.[Na+]. The second-order valence-electron chi connectivity index (χ2n) is 9.30. The molecule has 0 aliphatic rings. The van der Waals surface area contributed by atoms with Gasteiger partial charge in [0.25, 0.3) is 0 Å². The topological polar surface area (TPSA) is 86.9 Å². The predicted molar refractivity (Wildman–Crippen MR) is 131 cm³/mol. The molecule has 6 nitrogen and oxygen atoms in total. The molecule has 0 spiro atoms. The summed E-state index contributed by atoms with van der Waals surface area (Å²) in [4.78, 5) is 24.6. The van der Waals surface area contributed by atoms with E-state index < -0.39 is 5.97 Å². The van der Waals surface area contributed by atoms with Gasteiger partial charge < -0.3 is 24.7 Å². The number of aromatic carboxylic acids is 1. The number of carboxylic acids is 1. The molecule has 34 heavy (non-hydrogen) atoms. The Morgan fingerprint density at radius 1 is 1.03 bits per heavy atom. The van der Waals surface area contributed by atoms with E-state index in [1.807, 2.05) is 39.0 Å². The van der Waals surface area contributed by atoms with Crippen LogP contribution in [0.3, 0.4) is 0 Å². The Bertz CT molecular complexity index is 968. The summed E-state index contributed by atoms with van der Waals surface area (Å²) in [5, 5.41) is 13.8. The summed E-state index contributed by atoms with van der Waals surface area (Å²) in [6.45, 7) is 8.19. The number of hydrogen-bond acceptors (Lipinski definition) is 4. The molecule has 0 aromatic heterocycles. The number of carbonyl (C=O) groups excluding carboxylic acids is 1. The number of hydrogen-bond donors (Lipinski definition) is 1. The van der Waals surface area contributed by atoms with Gasteiger partial charge in [0.05, 0.1) is 25.7 Å². The van der Waals surface area contributed by atoms with Crippen molar-refractivity contribution in [3.8, 4) is 11.5 Å². The molecule has 0 aliphatic heterocycles. The van der Waals surface area contributed by atoms with E-state index in [0.717, 1.165) is 36.8 Å². The molecule has 180 valence electrons. The van der Waals surface area contributed by atoms with E-state index in [0.29, 0.717) is 17.2 Å². The van der Waals surface area contributed by atoms with Crippen molar-refractivity contribution in [3.63, 3.8) is 0 Å². The molecule has 2 aromatic carbocycles. The van der Waals surface area contributed by atoms with Crippen LogP contribution in [-0.2, 0) is 10.2 Å². The Labute approximate surface area is 225 Å². The molecule has 2 aromatic rings. The molecule has 1 atom stereocenters. The second-order valence-corrected chi connectivity index (χ2v) is 9.30. The molecular weight excluding hydrogens is 441 g/mol. The maximum absolute atomic E-state index is 13.1. The predicted octanol–water partition coefficient (Wildman–Crippen LogP) is 3.99. The fourth-order valence-electron chi connectivity index (χ4n) is 3.95. The molecule has 0 saturated heterocycles. The summed E-state index contributed by atoms with van der Waals surface area (Å²) in [6, 6.07) is 10.5. The van der Waals surface area contributed by atoms with Crippen molar-refractivity contribution in [2.24, 2.45) is 0 Å². The first-order chi connectivity index (χ1) is 15.6. The summed E-state index contributed by atoms with van der Waals surface area (Å²) < 4.78 is 10.9. The zero-order valence-electron chi connectivity index (χ0n) is 21.6. The third kappa shape index (κ3) is 8.33. The first-order valence-corrected chi connectivity index (χ1v) is 11.4. The van der Waals surface area contributed by atoms with Crippen molar-refractivity contribution in [2.45, 2.75) is 71.1 Å². The van der Waals surface area contributed by atoms with Crippen LogP contribution in [-0.4, -0.2) is 31.2 Å². The molecule has 7 heteroatoms. The molecule has 0 saturated carbocycles. The van der Waals surface area contributed by atoms with Gasteiger partial charge in [0.2, 0.25) is 0 Å². The number of carbonyl (C=O) groups is 2. The molecule has 1 N–H and O–H groups in total. The zero-order valence-corrected chi connectivity index (χ0v) is 23.6. The summed E-state index contributed by atoms with van der Waals surface area (Å²) in [5.74, 6) is 0.00251. The van der Waals surface area contributed by atoms with Crippen molar-refractivity contribution in [3.05, 3.63) is 58.4 Å². The fraction of sp³-hybridized carbons (Fsp3) is 0.481. The van der Waals surface area contributed by atoms with Crippen LogP contribution in [0, 0.1) is 0 Å². The number of nitrogens with zero attached hydrogens (tertiary/aromatic N) is 1. The van der Waals surface area contributed by atoms with E-state index in [1.165, 1.54) is 6.07 Å². The van der Waals surface area contributed by atoms with Crippen molar-refractivity contribution in [2.75, 3.05) is 14.2 Å². The van der Waals surface area contributed by atoms with Gasteiger partial charge in [-0.25, -0.2) is 4.79 Å². The number of unbranched alkanes of at least 4 members (excludes halogenated alkanes) is 2. The molecule has 0 heterocycles. The third-order valence-corrected chi connectivity index (χ3v) is 5.76. The minimum atomic E-state index is -1.04. The van der Waals surface area contributed by atoms with Gasteiger partial charge in [-0.15, -0.1) is 5.69 Å². The number of ether oxygens (including phenoxy) is 2. The van der Waals surface area contributed by atoms with Crippen molar-refractivity contribution < 1.29 is 53.7 Å². The molecule has 0 aliphatic carbocycles. The Hall–Kier alpha value is -2.02. The van der Waals surface area contributed by atoms with Gasteiger partial charge in [0, 0.05) is 6.07 Å². The van der Waals surface area contributed by atoms with E-state index in [9.17, 15) is 14.7 Å². The van der Waals surface area contributed by atoms with Crippen LogP contribution >= 0.6 is 0 Å². The number of amides is 1. The summed E-state index contributed by atoms with van der Waals surface area (Å²) >= 11 is 0. The van der Waals surface area contributed by atoms with Gasteiger partial charge >= 0.3 is 35.5 Å². The van der Waals surface area contributed by atoms with E-state index in [-0.39, 0.29) is 58.8 Å². The number of methoxy groups -OCH3 is 2. The smallest absolute Gasteiger partial charge is 0.627 e. The third-order valence-electron chi connectivity index (χ3n) is 5.76. The average Bonchev–Trinajstić information content (AvgIpc) is 2.77. The Morgan fingerprint density at radius 2 is 1.74 bits per heavy atom. The molecular formula is C27H36NNaO5. The monoisotopic (exact) mass is 477 g/mol. The molecule has 2 rings (SSSR count). The van der Waals surface area contributed by atoms with E-state index in [2.05, 4.69) is 12.2 Å². The van der Waals surface area contributed by atoms with Gasteiger partial charge in [-0.1, -0.05) is 70.7 Å². The van der Waals surface area contributed by atoms with Crippen molar-refractivity contribution in [1.29, 1.82) is 0 Å². The Morgan fingerprint density at radius 3 is 2.29 bits per heavy atom. The van der Waals surface area contributed by atoms with Crippen LogP contribution in [0.1, 0.15) is 87.2 Å². The average molecular weight is 478 g/mol. The first-order valence-electron chi connectivity index (χ1n) is 11.4. The number of carboxylic acid groups (broad SMARTS) is 1. The van der Waals surface area contributed by atoms with Crippen LogP contribution in [0.5, 0.6) is 11.5 Å². The summed E-state index contributed by atoms with van der Waals surface area (Å²) in [7, 11) is 3.22. The molecule has 0 fully saturated rings. The summed E-state index contributed by atoms with van der Waals surface area (Å²) in [5.41, 5.74) is 2.04. The van der Waals surface area contributed by atoms with Crippen molar-refractivity contribution >= 4 is 17.6 Å². The van der Waals surface area contributed by atoms with Crippen LogP contribution in [0.25, 0.3) is 5.32 Å². The Kier molecular flexibility index (Phi) is 12.1. The van der Waals surface area contributed by atoms with E-state index in [4.69, 9.17) is 9.47 Å². The minimum Gasteiger partial charge on any atom is -0.627 e. The number of rotatable bonds is 11. The largest absolute Gasteiger partial charge is 1.00 e. The minimum absolute atomic E-state index is 0. The molecule has 0 radical (unpaired) electrons. The van der Waals surface area contributed by atoms with Gasteiger partial charge in [-0.05, 0) is 41.9 Å². The summed E-state index contributed by atoms with van der Waals surface area (Å²) in [6.07, 6.45) is 4.20. The number of benzene rings is 2. The molecule has 0 bridgehead atoms. The van der Waals surface area contributed by atoms with Gasteiger partial charge in [0.15, 0.2) is 0 Å². The maximum atomic E-state index is 13.1. The van der Waals surface area contributed by atoms with E-state index in [1.54, 1.807) is 26.4 Å². The fourth-order valence-corrected chi connectivity index (χ4v) is 3.95. The van der Waals surface area contributed by atoms with Crippen LogP contribution in [0.4, 0.5) is 5.69 Å². The van der Waals surface area contributed by atoms with Gasteiger partial charge in [0.1, 0.15) is 11.5 Å². The van der Waals surface area contributed by atoms with Gasteiger partial charge in [-0.3, -0.25) is 0 Å². The normalized spacial score (nSPS) is 11.8. The quantitative estimate of drug-likeness (QED) is 0.391. The van der Waals surface area contributed by atoms with Crippen LogP contribution < -0.4 is 39.0 Å². The second kappa shape index (κ2) is 13.8. The van der Waals surface area contributed by atoms with E-state index >= 15 is 0 Å².